The number of rotatable bonds is 3. The third-order valence-corrected chi connectivity index (χ3v) is 4.35. The normalized spacial score (nSPS) is 23.9. The fourth-order valence-corrected chi connectivity index (χ4v) is 3.07. The first kappa shape index (κ1) is 13.2. The minimum Gasteiger partial charge on any atom is -0.397 e. The van der Waals surface area contributed by atoms with Crippen LogP contribution in [0.25, 0.3) is 0 Å². The zero-order valence-electron chi connectivity index (χ0n) is 11.8. The maximum atomic E-state index is 5.76. The third kappa shape index (κ3) is 2.77. The van der Waals surface area contributed by atoms with Crippen LogP contribution < -0.4 is 10.6 Å². The van der Waals surface area contributed by atoms with Gasteiger partial charge >= 0.3 is 0 Å². The maximum absolute atomic E-state index is 5.76. The topological polar surface area (TPSA) is 42.2 Å². The monoisotopic (exact) mass is 247 g/mol. The summed E-state index contributed by atoms with van der Waals surface area (Å²) < 4.78 is 0. The van der Waals surface area contributed by atoms with Crippen molar-refractivity contribution in [3.63, 3.8) is 0 Å². The molecule has 2 N–H and O–H groups in total. The minimum atomic E-state index is 0.641. The summed E-state index contributed by atoms with van der Waals surface area (Å²) in [5, 5.41) is 0. The Bertz CT molecular complexity index is 395. The van der Waals surface area contributed by atoms with Crippen LogP contribution in [0, 0.1) is 12.8 Å². The van der Waals surface area contributed by atoms with E-state index in [4.69, 9.17) is 5.73 Å². The lowest BCUT2D eigenvalue weighted by Crippen LogP contribution is -2.36. The lowest BCUT2D eigenvalue weighted by atomic mass is 9.84. The van der Waals surface area contributed by atoms with Crippen LogP contribution in [0.4, 0.5) is 11.5 Å². The van der Waals surface area contributed by atoms with Crippen LogP contribution in [0.15, 0.2) is 12.3 Å². The highest BCUT2D eigenvalue weighted by molar-refractivity contribution is 5.52. The molecule has 0 unspecified atom stereocenters. The van der Waals surface area contributed by atoms with E-state index in [2.05, 4.69) is 30.8 Å². The number of nitrogens with two attached hydrogens (primary N) is 1. The average molecular weight is 247 g/mol. The first-order chi connectivity index (χ1) is 8.61. The van der Waals surface area contributed by atoms with E-state index in [0.717, 1.165) is 17.4 Å². The third-order valence-electron chi connectivity index (χ3n) is 4.35. The number of hydrogen-bond donors (Lipinski definition) is 1. The Morgan fingerprint density at radius 2 is 2.00 bits per heavy atom. The molecule has 3 heteroatoms. The second-order valence-electron chi connectivity index (χ2n) is 5.60. The summed E-state index contributed by atoms with van der Waals surface area (Å²) in [5.41, 5.74) is 7.69. The van der Waals surface area contributed by atoms with Gasteiger partial charge in [0.05, 0.1) is 11.9 Å². The highest BCUT2D eigenvalue weighted by Crippen LogP contribution is 2.31. The molecular formula is C15H25N3. The van der Waals surface area contributed by atoms with Crippen molar-refractivity contribution in [1.82, 2.24) is 4.98 Å². The van der Waals surface area contributed by atoms with Gasteiger partial charge in [0.15, 0.2) is 0 Å². The number of aromatic nitrogens is 1. The lowest BCUT2D eigenvalue weighted by molar-refractivity contribution is 0.313. The maximum Gasteiger partial charge on any atom is 0.131 e. The van der Waals surface area contributed by atoms with Gasteiger partial charge in [-0.2, -0.15) is 0 Å². The van der Waals surface area contributed by atoms with E-state index >= 15 is 0 Å². The number of hydrogen-bond acceptors (Lipinski definition) is 3. The predicted molar refractivity (Wildman–Crippen MR) is 77.8 cm³/mol. The van der Waals surface area contributed by atoms with E-state index in [1.807, 2.05) is 6.07 Å². The molecule has 1 aliphatic rings. The number of nitrogens with zero attached hydrogens (tertiary/aromatic N) is 2. The minimum absolute atomic E-state index is 0.641. The van der Waals surface area contributed by atoms with Gasteiger partial charge in [0.1, 0.15) is 5.82 Å². The molecule has 1 fully saturated rings. The Morgan fingerprint density at radius 3 is 2.56 bits per heavy atom. The molecule has 18 heavy (non-hydrogen) atoms. The van der Waals surface area contributed by atoms with Crippen molar-refractivity contribution in [1.29, 1.82) is 0 Å². The van der Waals surface area contributed by atoms with E-state index in [1.165, 1.54) is 37.7 Å². The molecule has 0 saturated heterocycles. The van der Waals surface area contributed by atoms with E-state index in [0.29, 0.717) is 6.04 Å². The molecule has 100 valence electrons. The van der Waals surface area contributed by atoms with Gasteiger partial charge in [-0.1, -0.05) is 13.3 Å². The Hall–Kier alpha value is -1.25. The molecule has 0 aliphatic heterocycles. The van der Waals surface area contributed by atoms with E-state index in [-0.39, 0.29) is 0 Å². The zero-order valence-corrected chi connectivity index (χ0v) is 11.8. The number of anilines is 2. The van der Waals surface area contributed by atoms with E-state index in [9.17, 15) is 0 Å². The van der Waals surface area contributed by atoms with Crippen LogP contribution in [0.3, 0.4) is 0 Å². The summed E-state index contributed by atoms with van der Waals surface area (Å²) in [4.78, 5) is 6.84. The summed E-state index contributed by atoms with van der Waals surface area (Å²) in [7, 11) is 2.17. The fourth-order valence-electron chi connectivity index (χ4n) is 3.07. The van der Waals surface area contributed by atoms with Gasteiger partial charge in [-0.15, -0.1) is 0 Å². The van der Waals surface area contributed by atoms with Gasteiger partial charge in [-0.3, -0.25) is 0 Å². The SMILES string of the molecule is CCC1CCC(N(C)c2ncc(N)cc2C)CC1. The Balaban J connectivity index is 2.05. The van der Waals surface area contributed by atoms with Crippen LogP contribution >= 0.6 is 0 Å². The fraction of sp³-hybridized carbons (Fsp3) is 0.667. The summed E-state index contributed by atoms with van der Waals surface area (Å²) in [5.74, 6) is 2.03. The van der Waals surface area contributed by atoms with Crippen LogP contribution in [0.5, 0.6) is 0 Å². The molecule has 0 spiro atoms. The van der Waals surface area contributed by atoms with Crippen molar-refractivity contribution < 1.29 is 0 Å². The Morgan fingerprint density at radius 1 is 1.33 bits per heavy atom. The summed E-state index contributed by atoms with van der Waals surface area (Å²) in [6.07, 6.45) is 8.39. The molecule has 0 atom stereocenters. The smallest absolute Gasteiger partial charge is 0.131 e. The van der Waals surface area contributed by atoms with Crippen LogP contribution in [0.2, 0.25) is 0 Å². The molecule has 1 heterocycles. The van der Waals surface area contributed by atoms with E-state index in [1.54, 1.807) is 6.20 Å². The standard InChI is InChI=1S/C15H25N3/c1-4-12-5-7-14(8-6-12)18(3)15-11(2)9-13(16)10-17-15/h9-10,12,14H,4-8,16H2,1-3H3. The molecule has 0 radical (unpaired) electrons. The highest BCUT2D eigenvalue weighted by Gasteiger charge is 2.24. The predicted octanol–water partition coefficient (Wildman–Crippen LogP) is 3.38. The zero-order chi connectivity index (χ0) is 13.1. The van der Waals surface area contributed by atoms with Gasteiger partial charge in [0.2, 0.25) is 0 Å². The van der Waals surface area contributed by atoms with E-state index < -0.39 is 0 Å². The Kier molecular flexibility index (Phi) is 4.10. The Labute approximate surface area is 110 Å². The van der Waals surface area contributed by atoms with Gasteiger partial charge in [-0.25, -0.2) is 4.98 Å². The molecule has 2 rings (SSSR count). The van der Waals surface area contributed by atoms with Gasteiger partial charge in [0, 0.05) is 13.1 Å². The van der Waals surface area contributed by atoms with Crippen molar-refractivity contribution in [2.24, 2.45) is 5.92 Å². The second-order valence-corrected chi connectivity index (χ2v) is 5.60. The average Bonchev–Trinajstić information content (AvgIpc) is 2.38. The number of aryl methyl sites for hydroxylation is 1. The molecule has 3 nitrogen and oxygen atoms in total. The van der Waals surface area contributed by atoms with Gasteiger partial charge in [-0.05, 0) is 50.2 Å². The van der Waals surface area contributed by atoms with Crippen molar-refractivity contribution in [3.8, 4) is 0 Å². The molecule has 1 aliphatic carbocycles. The molecular weight excluding hydrogens is 222 g/mol. The summed E-state index contributed by atoms with van der Waals surface area (Å²) in [6.45, 7) is 4.40. The molecule has 0 bridgehead atoms. The summed E-state index contributed by atoms with van der Waals surface area (Å²) >= 11 is 0. The van der Waals surface area contributed by atoms with Crippen LogP contribution in [0.1, 0.15) is 44.6 Å². The second kappa shape index (κ2) is 5.59. The summed E-state index contributed by atoms with van der Waals surface area (Å²) in [6, 6.07) is 2.65. The largest absolute Gasteiger partial charge is 0.397 e. The molecule has 1 saturated carbocycles. The molecule has 1 aromatic rings. The number of nitrogen functional groups attached to an aromatic ring is 1. The van der Waals surface area contributed by atoms with Crippen molar-refractivity contribution in [2.75, 3.05) is 17.7 Å². The van der Waals surface area contributed by atoms with Gasteiger partial charge < -0.3 is 10.6 Å². The lowest BCUT2D eigenvalue weighted by Gasteiger charge is -2.35. The van der Waals surface area contributed by atoms with Crippen LogP contribution in [-0.2, 0) is 0 Å². The van der Waals surface area contributed by atoms with Crippen LogP contribution in [-0.4, -0.2) is 18.1 Å². The first-order valence-corrected chi connectivity index (χ1v) is 7.06. The number of pyridine rings is 1. The molecule has 1 aromatic heterocycles. The van der Waals surface area contributed by atoms with Crippen molar-refractivity contribution in [2.45, 2.75) is 52.0 Å². The highest BCUT2D eigenvalue weighted by atomic mass is 15.2. The molecule has 0 amide bonds. The quantitative estimate of drug-likeness (QED) is 0.890. The van der Waals surface area contributed by atoms with Crippen molar-refractivity contribution >= 4 is 11.5 Å². The first-order valence-electron chi connectivity index (χ1n) is 7.06. The molecule has 0 aromatic carbocycles. The van der Waals surface area contributed by atoms with Crippen molar-refractivity contribution in [3.05, 3.63) is 17.8 Å². The van der Waals surface area contributed by atoms with Gasteiger partial charge in [0.25, 0.3) is 0 Å².